The van der Waals surface area contributed by atoms with Crippen molar-refractivity contribution in [3.8, 4) is 0 Å². The van der Waals surface area contributed by atoms with Crippen LogP contribution in [0.1, 0.15) is 64.0 Å². The molecule has 4 aliphatic carbocycles. The maximum atomic E-state index is 6.12. The lowest BCUT2D eigenvalue weighted by Gasteiger charge is -2.55. The summed E-state index contributed by atoms with van der Waals surface area (Å²) in [5, 5.41) is 7.61. The summed E-state index contributed by atoms with van der Waals surface area (Å²) in [6.45, 7) is 3.94. The Hall–Kier alpha value is -0.900. The van der Waals surface area contributed by atoms with Crippen molar-refractivity contribution in [2.24, 2.45) is 23.5 Å². The van der Waals surface area contributed by atoms with Crippen LogP contribution in [-0.2, 0) is 11.0 Å². The van der Waals surface area contributed by atoms with E-state index in [1.54, 1.807) is 0 Å². The van der Waals surface area contributed by atoms with Gasteiger partial charge in [0.25, 0.3) is 0 Å². The second-order valence-corrected chi connectivity index (χ2v) is 7.93. The average molecular weight is 260 g/mol. The largest absolute Gasteiger partial charge is 0.319 e. The third-order valence-corrected chi connectivity index (χ3v) is 5.60. The molecule has 0 radical (unpaired) electrons. The number of hydrogen-bond acceptors (Lipinski definition) is 3. The van der Waals surface area contributed by atoms with Crippen molar-refractivity contribution in [2.75, 3.05) is 0 Å². The molecule has 0 amide bonds. The van der Waals surface area contributed by atoms with Crippen molar-refractivity contribution in [3.05, 3.63) is 11.6 Å². The molecule has 4 nitrogen and oxygen atoms in total. The van der Waals surface area contributed by atoms with Crippen LogP contribution in [0.4, 0.5) is 0 Å². The van der Waals surface area contributed by atoms with Crippen LogP contribution < -0.4 is 5.73 Å². The standard InChI is InChI=1S/C15H24N4/c1-14(2,16)12-17-13(19-18-12)15-6-9-3-10(7-15)5-11(4-9)8-15/h9-11H,3-8,16H2,1-2H3,(H,17,18,19). The fraction of sp³-hybridized carbons (Fsp3) is 0.867. The molecule has 1 aromatic rings. The smallest absolute Gasteiger partial charge is 0.169 e. The van der Waals surface area contributed by atoms with Crippen LogP contribution in [0.3, 0.4) is 0 Å². The number of nitrogens with two attached hydrogens (primary N) is 1. The monoisotopic (exact) mass is 260 g/mol. The third kappa shape index (κ3) is 1.76. The maximum absolute atomic E-state index is 6.12. The van der Waals surface area contributed by atoms with E-state index in [1.807, 2.05) is 13.8 Å². The van der Waals surface area contributed by atoms with Gasteiger partial charge in [0.15, 0.2) is 5.82 Å². The number of hydrogen-bond donors (Lipinski definition) is 2. The van der Waals surface area contributed by atoms with E-state index >= 15 is 0 Å². The Bertz CT molecular complexity index is 461. The van der Waals surface area contributed by atoms with E-state index in [2.05, 4.69) is 10.2 Å². The Morgan fingerprint density at radius 2 is 1.63 bits per heavy atom. The van der Waals surface area contributed by atoms with Crippen molar-refractivity contribution in [2.45, 2.75) is 63.3 Å². The van der Waals surface area contributed by atoms with E-state index in [9.17, 15) is 0 Å². The number of rotatable bonds is 2. The van der Waals surface area contributed by atoms with Gasteiger partial charge >= 0.3 is 0 Å². The minimum Gasteiger partial charge on any atom is -0.319 e. The van der Waals surface area contributed by atoms with Gasteiger partial charge in [-0.25, -0.2) is 4.98 Å². The van der Waals surface area contributed by atoms with Gasteiger partial charge in [0.2, 0.25) is 0 Å². The summed E-state index contributed by atoms with van der Waals surface area (Å²) in [7, 11) is 0. The number of aromatic amines is 1. The molecule has 4 fully saturated rings. The second kappa shape index (κ2) is 3.60. The third-order valence-electron chi connectivity index (χ3n) is 5.60. The topological polar surface area (TPSA) is 67.6 Å². The van der Waals surface area contributed by atoms with E-state index in [-0.39, 0.29) is 0 Å². The fourth-order valence-electron chi connectivity index (χ4n) is 5.19. The zero-order valence-corrected chi connectivity index (χ0v) is 11.9. The molecule has 104 valence electrons. The molecule has 0 unspecified atom stereocenters. The summed E-state index contributed by atoms with van der Waals surface area (Å²) in [5.41, 5.74) is 5.97. The zero-order valence-electron chi connectivity index (χ0n) is 11.9. The van der Waals surface area contributed by atoms with Crippen molar-refractivity contribution in [1.82, 2.24) is 15.2 Å². The summed E-state index contributed by atoms with van der Waals surface area (Å²) in [4.78, 5) is 4.78. The molecular weight excluding hydrogens is 236 g/mol. The lowest BCUT2D eigenvalue weighted by Crippen LogP contribution is -2.49. The van der Waals surface area contributed by atoms with Crippen molar-refractivity contribution < 1.29 is 0 Å². The zero-order chi connectivity index (χ0) is 13.3. The van der Waals surface area contributed by atoms with Gasteiger partial charge in [-0.05, 0) is 70.1 Å². The molecule has 1 aromatic heterocycles. The molecule has 5 rings (SSSR count). The average Bonchev–Trinajstić information content (AvgIpc) is 2.75. The molecule has 4 aliphatic rings. The molecule has 0 aromatic carbocycles. The molecule has 0 aliphatic heterocycles. The van der Waals surface area contributed by atoms with E-state index in [1.165, 1.54) is 38.5 Å². The summed E-state index contributed by atoms with van der Waals surface area (Å²) < 4.78 is 0. The van der Waals surface area contributed by atoms with E-state index in [0.717, 1.165) is 29.4 Å². The minimum absolute atomic E-state index is 0.297. The Balaban J connectivity index is 1.70. The van der Waals surface area contributed by atoms with Crippen molar-refractivity contribution in [1.29, 1.82) is 0 Å². The quantitative estimate of drug-likeness (QED) is 0.858. The van der Waals surface area contributed by atoms with Gasteiger partial charge in [-0.3, -0.25) is 5.10 Å². The van der Waals surface area contributed by atoms with Gasteiger partial charge in [-0.2, -0.15) is 5.10 Å². The molecule has 1 heterocycles. The van der Waals surface area contributed by atoms with E-state index in [0.29, 0.717) is 5.41 Å². The number of nitrogens with zero attached hydrogens (tertiary/aromatic N) is 2. The van der Waals surface area contributed by atoms with Crippen LogP contribution in [0.5, 0.6) is 0 Å². The van der Waals surface area contributed by atoms with Crippen LogP contribution in [-0.4, -0.2) is 15.2 Å². The molecule has 4 heteroatoms. The number of H-pyrrole nitrogens is 1. The maximum Gasteiger partial charge on any atom is 0.169 e. The van der Waals surface area contributed by atoms with Crippen molar-refractivity contribution in [3.63, 3.8) is 0 Å². The predicted molar refractivity (Wildman–Crippen MR) is 73.4 cm³/mol. The fourth-order valence-corrected chi connectivity index (χ4v) is 5.19. The molecule has 4 bridgehead atoms. The van der Waals surface area contributed by atoms with Crippen LogP contribution in [0.2, 0.25) is 0 Å². The lowest BCUT2D eigenvalue weighted by atomic mass is 9.49. The first-order valence-corrected chi connectivity index (χ1v) is 7.67. The molecular formula is C15H24N4. The van der Waals surface area contributed by atoms with Crippen LogP contribution >= 0.6 is 0 Å². The molecule has 0 atom stereocenters. The first-order chi connectivity index (χ1) is 8.95. The van der Waals surface area contributed by atoms with Crippen LogP contribution in [0, 0.1) is 17.8 Å². The highest BCUT2D eigenvalue weighted by Crippen LogP contribution is 2.60. The minimum atomic E-state index is -0.447. The van der Waals surface area contributed by atoms with Gasteiger partial charge in [-0.15, -0.1) is 0 Å². The SMILES string of the molecule is CC(C)(N)c1n[nH]c(C23CC4CC(CC(C4)C2)C3)n1. The van der Waals surface area contributed by atoms with Gasteiger partial charge in [0, 0.05) is 5.41 Å². The normalized spacial score (nSPS) is 40.9. The first-order valence-electron chi connectivity index (χ1n) is 7.67. The second-order valence-electron chi connectivity index (χ2n) is 7.93. The Morgan fingerprint density at radius 1 is 1.11 bits per heavy atom. The van der Waals surface area contributed by atoms with Gasteiger partial charge in [0.1, 0.15) is 5.82 Å². The summed E-state index contributed by atoms with van der Waals surface area (Å²) in [6.07, 6.45) is 8.34. The molecule has 3 N–H and O–H groups in total. The summed E-state index contributed by atoms with van der Waals surface area (Å²) in [6, 6.07) is 0. The summed E-state index contributed by atoms with van der Waals surface area (Å²) >= 11 is 0. The van der Waals surface area contributed by atoms with E-state index in [4.69, 9.17) is 10.7 Å². The van der Waals surface area contributed by atoms with Gasteiger partial charge in [-0.1, -0.05) is 0 Å². The lowest BCUT2D eigenvalue weighted by molar-refractivity contribution is -0.00927. The van der Waals surface area contributed by atoms with Gasteiger partial charge in [0.05, 0.1) is 5.54 Å². The van der Waals surface area contributed by atoms with E-state index < -0.39 is 5.54 Å². The Labute approximate surface area is 114 Å². The molecule has 0 saturated heterocycles. The highest BCUT2D eigenvalue weighted by molar-refractivity contribution is 5.18. The van der Waals surface area contributed by atoms with Crippen molar-refractivity contribution >= 4 is 0 Å². The summed E-state index contributed by atoms with van der Waals surface area (Å²) in [5.74, 6) is 4.69. The predicted octanol–water partition coefficient (Wildman–Crippen LogP) is 2.47. The van der Waals surface area contributed by atoms with Crippen LogP contribution in [0.25, 0.3) is 0 Å². The Morgan fingerprint density at radius 3 is 2.05 bits per heavy atom. The Kier molecular flexibility index (Phi) is 2.25. The highest BCUT2D eigenvalue weighted by Gasteiger charge is 2.53. The van der Waals surface area contributed by atoms with Crippen LogP contribution in [0.15, 0.2) is 0 Å². The number of aromatic nitrogens is 3. The van der Waals surface area contributed by atoms with Gasteiger partial charge < -0.3 is 5.73 Å². The molecule has 4 saturated carbocycles. The molecule has 19 heavy (non-hydrogen) atoms. The number of nitrogens with one attached hydrogen (secondary N) is 1. The highest BCUT2D eigenvalue weighted by atomic mass is 15.2. The molecule has 0 spiro atoms. The first kappa shape index (κ1) is 11.9.